The van der Waals surface area contributed by atoms with Crippen molar-refractivity contribution in [2.24, 2.45) is 5.92 Å². The highest BCUT2D eigenvalue weighted by molar-refractivity contribution is 5.95. The summed E-state index contributed by atoms with van der Waals surface area (Å²) < 4.78 is 4.67. The molecule has 0 radical (unpaired) electrons. The van der Waals surface area contributed by atoms with Crippen molar-refractivity contribution >= 4 is 41.1 Å². The molecule has 0 saturated carbocycles. The molecule has 1 aliphatic heterocycles. The molecule has 1 aliphatic rings. The van der Waals surface area contributed by atoms with Gasteiger partial charge in [0.2, 0.25) is 5.91 Å². The third kappa shape index (κ3) is 6.69. The van der Waals surface area contributed by atoms with Crippen molar-refractivity contribution < 1.29 is 24.2 Å². The molecule has 0 aromatic carbocycles. The first-order valence-electron chi connectivity index (χ1n) is 11.9. The first-order chi connectivity index (χ1) is 18.3. The molecule has 4 rings (SSSR count). The predicted molar refractivity (Wildman–Crippen MR) is 139 cm³/mol. The van der Waals surface area contributed by atoms with Crippen molar-refractivity contribution in [2.45, 2.75) is 13.3 Å². The minimum atomic E-state index is -0.932. The largest absolute Gasteiger partial charge is 0.469 e. The maximum Gasteiger partial charge on any atom is 0.407 e. The third-order valence-electron chi connectivity index (χ3n) is 5.98. The van der Waals surface area contributed by atoms with Crippen molar-refractivity contribution in [2.75, 3.05) is 48.8 Å². The molecule has 1 saturated heterocycles. The number of carboxylic acid groups (broad SMARTS) is 1. The van der Waals surface area contributed by atoms with Crippen LogP contribution in [0.25, 0.3) is 11.3 Å². The molecule has 0 aliphatic carbocycles. The molecule has 0 unspecified atom stereocenters. The van der Waals surface area contributed by atoms with Gasteiger partial charge in [0.15, 0.2) is 0 Å². The number of carbonyl (C=O) groups excluding carboxylic acids is 2. The molecule has 3 N–H and O–H groups in total. The van der Waals surface area contributed by atoms with E-state index in [-0.39, 0.29) is 12.3 Å². The van der Waals surface area contributed by atoms with Crippen LogP contribution in [0.15, 0.2) is 49.1 Å². The number of methoxy groups -OCH3 is 1. The second-order valence-corrected chi connectivity index (χ2v) is 8.67. The van der Waals surface area contributed by atoms with Gasteiger partial charge in [-0.2, -0.15) is 0 Å². The van der Waals surface area contributed by atoms with Crippen LogP contribution in [0.1, 0.15) is 13.3 Å². The zero-order chi connectivity index (χ0) is 27.1. The second-order valence-electron chi connectivity index (χ2n) is 8.67. The lowest BCUT2D eigenvalue weighted by Gasteiger charge is -2.33. The second kappa shape index (κ2) is 12.0. The Hall–Kier alpha value is -4.81. The first kappa shape index (κ1) is 26.3. The Bertz CT molecular complexity index is 1300. The number of amides is 2. The smallest absolute Gasteiger partial charge is 0.407 e. The number of nitrogens with one attached hydrogen (secondary N) is 2. The quantitative estimate of drug-likeness (QED) is 0.374. The number of ether oxygens (including phenoxy) is 1. The summed E-state index contributed by atoms with van der Waals surface area (Å²) in [5.41, 5.74) is 1.77. The van der Waals surface area contributed by atoms with Gasteiger partial charge in [0.1, 0.15) is 17.5 Å². The third-order valence-corrected chi connectivity index (χ3v) is 5.98. The zero-order valence-electron chi connectivity index (χ0n) is 21.0. The molecule has 0 spiro atoms. The van der Waals surface area contributed by atoms with Crippen LogP contribution in [0.2, 0.25) is 0 Å². The lowest BCUT2D eigenvalue weighted by Crippen LogP contribution is -2.48. The molecule has 0 bridgehead atoms. The van der Waals surface area contributed by atoms with E-state index in [0.29, 0.717) is 55.0 Å². The Kier molecular flexibility index (Phi) is 8.26. The van der Waals surface area contributed by atoms with Gasteiger partial charge >= 0.3 is 12.1 Å². The average molecular weight is 521 g/mol. The number of carbonyl (C=O) groups is 3. The fourth-order valence-electron chi connectivity index (χ4n) is 3.88. The molecule has 2 amide bonds. The van der Waals surface area contributed by atoms with E-state index in [1.54, 1.807) is 49.9 Å². The van der Waals surface area contributed by atoms with Gasteiger partial charge in [-0.3, -0.25) is 14.6 Å². The summed E-state index contributed by atoms with van der Waals surface area (Å²) in [6, 6.07) is 7.06. The minimum Gasteiger partial charge on any atom is -0.469 e. The Labute approximate surface area is 218 Å². The molecule has 1 atom stereocenters. The Balaban J connectivity index is 1.61. The topological polar surface area (TPSA) is 163 Å². The van der Waals surface area contributed by atoms with Crippen molar-refractivity contribution in [1.82, 2.24) is 24.8 Å². The van der Waals surface area contributed by atoms with Gasteiger partial charge in [0, 0.05) is 68.0 Å². The van der Waals surface area contributed by atoms with E-state index in [1.807, 2.05) is 11.0 Å². The maximum absolute atomic E-state index is 12.8. The number of piperazine rings is 1. The highest BCUT2D eigenvalue weighted by Crippen LogP contribution is 2.28. The molecule has 13 heteroatoms. The van der Waals surface area contributed by atoms with E-state index in [0.717, 1.165) is 5.56 Å². The van der Waals surface area contributed by atoms with Gasteiger partial charge in [-0.25, -0.2) is 19.7 Å². The van der Waals surface area contributed by atoms with Gasteiger partial charge in [-0.1, -0.05) is 6.92 Å². The zero-order valence-corrected chi connectivity index (χ0v) is 21.0. The van der Waals surface area contributed by atoms with Crippen LogP contribution in [-0.4, -0.2) is 81.2 Å². The van der Waals surface area contributed by atoms with E-state index < -0.39 is 18.0 Å². The van der Waals surface area contributed by atoms with Crippen LogP contribution in [0.4, 0.5) is 27.9 Å². The number of anilines is 4. The Morgan fingerprint density at radius 2 is 1.84 bits per heavy atom. The van der Waals surface area contributed by atoms with Crippen LogP contribution in [-0.2, 0) is 14.3 Å². The number of aromatic nitrogens is 4. The Morgan fingerprint density at radius 3 is 2.53 bits per heavy atom. The van der Waals surface area contributed by atoms with E-state index in [2.05, 4.69) is 30.3 Å². The molecule has 13 nitrogen and oxygen atoms in total. The summed E-state index contributed by atoms with van der Waals surface area (Å²) in [6.07, 6.45) is 5.33. The summed E-state index contributed by atoms with van der Waals surface area (Å²) in [7, 11) is 1.28. The van der Waals surface area contributed by atoms with Gasteiger partial charge in [0.25, 0.3) is 0 Å². The lowest BCUT2D eigenvalue weighted by atomic mass is 10.1. The van der Waals surface area contributed by atoms with Gasteiger partial charge in [-0.05, 0) is 18.2 Å². The number of pyridine rings is 2. The van der Waals surface area contributed by atoms with E-state index in [4.69, 9.17) is 4.98 Å². The Morgan fingerprint density at radius 1 is 1.05 bits per heavy atom. The van der Waals surface area contributed by atoms with Gasteiger partial charge < -0.3 is 30.3 Å². The number of nitrogens with zero attached hydrogens (tertiary/aromatic N) is 6. The van der Waals surface area contributed by atoms with Crippen molar-refractivity contribution in [1.29, 1.82) is 0 Å². The monoisotopic (exact) mass is 520 g/mol. The summed E-state index contributed by atoms with van der Waals surface area (Å²) in [4.78, 5) is 56.4. The normalized spacial score (nSPS) is 13.9. The molecule has 38 heavy (non-hydrogen) atoms. The fraction of sp³-hybridized carbons (Fsp3) is 0.320. The van der Waals surface area contributed by atoms with Crippen molar-refractivity contribution in [3.63, 3.8) is 0 Å². The number of esters is 1. The number of hydrogen-bond acceptors (Lipinski definition) is 10. The average Bonchev–Trinajstić information content (AvgIpc) is 2.93. The lowest BCUT2D eigenvalue weighted by molar-refractivity contribution is -0.143. The molecule has 198 valence electrons. The van der Waals surface area contributed by atoms with Crippen LogP contribution in [0.3, 0.4) is 0 Å². The molecule has 4 heterocycles. The van der Waals surface area contributed by atoms with Crippen LogP contribution < -0.4 is 15.5 Å². The molecular weight excluding hydrogens is 492 g/mol. The summed E-state index contributed by atoms with van der Waals surface area (Å²) in [6.45, 7) is 3.45. The summed E-state index contributed by atoms with van der Waals surface area (Å²) in [5.74, 6) is 0.172. The number of hydrogen-bond donors (Lipinski definition) is 3. The molecule has 3 aromatic heterocycles. The van der Waals surface area contributed by atoms with Crippen molar-refractivity contribution in [3.8, 4) is 11.3 Å². The molecule has 1 fully saturated rings. The van der Waals surface area contributed by atoms with E-state index >= 15 is 0 Å². The SMILES string of the molecule is COC(=O)C[C@@H](C)C(=O)Nc1cc(Nc2cnccn2)nc(-c2ccnc(N3CCN(C(=O)O)CC3)c2)c1. The van der Waals surface area contributed by atoms with E-state index in [1.165, 1.54) is 12.0 Å². The van der Waals surface area contributed by atoms with Gasteiger partial charge in [-0.15, -0.1) is 0 Å². The molecule has 3 aromatic rings. The van der Waals surface area contributed by atoms with Gasteiger partial charge in [0.05, 0.1) is 25.4 Å². The van der Waals surface area contributed by atoms with Crippen LogP contribution in [0.5, 0.6) is 0 Å². The standard InChI is InChI=1S/C25H28N8O5/c1-16(11-23(34)38-2)24(35)29-18-13-19(30-20(14-18)31-21-15-26-5-6-27-21)17-3-4-28-22(12-17)32-7-9-33(10-8-32)25(36)37/h3-6,12-16H,7-11H2,1-2H3,(H,36,37)(H2,27,29,30,31,35)/t16-/m1/s1. The van der Waals surface area contributed by atoms with Crippen molar-refractivity contribution in [3.05, 3.63) is 49.1 Å². The minimum absolute atomic E-state index is 0.0478. The summed E-state index contributed by atoms with van der Waals surface area (Å²) >= 11 is 0. The molecular formula is C25H28N8O5. The summed E-state index contributed by atoms with van der Waals surface area (Å²) in [5, 5.41) is 15.2. The van der Waals surface area contributed by atoms with E-state index in [9.17, 15) is 19.5 Å². The van der Waals surface area contributed by atoms with Crippen LogP contribution >= 0.6 is 0 Å². The highest BCUT2D eigenvalue weighted by atomic mass is 16.5. The number of rotatable bonds is 8. The maximum atomic E-state index is 12.8. The fourth-order valence-corrected chi connectivity index (χ4v) is 3.88. The van der Waals surface area contributed by atoms with Crippen LogP contribution in [0, 0.1) is 5.92 Å². The predicted octanol–water partition coefficient (Wildman–Crippen LogP) is 2.61. The highest BCUT2D eigenvalue weighted by Gasteiger charge is 2.22. The first-order valence-corrected chi connectivity index (χ1v) is 11.9.